The predicted molar refractivity (Wildman–Crippen MR) is 149 cm³/mol. The second-order valence-corrected chi connectivity index (χ2v) is 8.36. The van der Waals surface area contributed by atoms with Crippen molar-refractivity contribution in [2.45, 2.75) is 20.0 Å². The lowest BCUT2D eigenvalue weighted by Crippen LogP contribution is -2.49. The number of ether oxygens (including phenoxy) is 4. The zero-order chi connectivity index (χ0) is 26.6. The van der Waals surface area contributed by atoms with Crippen molar-refractivity contribution in [2.75, 3.05) is 99.7 Å². The monoisotopic (exact) mass is 506 g/mol. The molecule has 204 valence electrons. The Morgan fingerprint density at radius 1 is 1.14 bits per heavy atom. The number of hydrogen-bond acceptors (Lipinski definition) is 10. The smallest absolute Gasteiger partial charge is 0.0820 e. The van der Waals surface area contributed by atoms with E-state index < -0.39 is 0 Å². The summed E-state index contributed by atoms with van der Waals surface area (Å²) in [5.41, 5.74) is 3.05. The van der Waals surface area contributed by atoms with E-state index in [1.807, 2.05) is 13.8 Å². The molecule has 1 unspecified atom stereocenters. The standard InChI is InChI=1S/C26H46N6O4/c1-8-25-24(4)29-10-14-34-18-20-36-16-12-32(7)26(21-30-25)31(6)11-15-35-19-17-33-13-9-28-23(3)22(2)27-5/h8,26H,1-2,5,9-21H2,3-4,6-7H3/b28-23+,29-24+,30-25+. The van der Waals surface area contributed by atoms with Gasteiger partial charge < -0.3 is 18.9 Å². The second kappa shape index (κ2) is 20.0. The van der Waals surface area contributed by atoms with Crippen LogP contribution in [-0.4, -0.2) is 139 Å². The Kier molecular flexibility index (Phi) is 17.8. The van der Waals surface area contributed by atoms with E-state index in [9.17, 15) is 0 Å². The third-order valence-corrected chi connectivity index (χ3v) is 5.70. The summed E-state index contributed by atoms with van der Waals surface area (Å²) in [7, 11) is 4.17. The first kappa shape index (κ1) is 31.9. The van der Waals surface area contributed by atoms with E-state index in [4.69, 9.17) is 23.9 Å². The van der Waals surface area contributed by atoms with Crippen molar-refractivity contribution >= 4 is 23.9 Å². The summed E-state index contributed by atoms with van der Waals surface area (Å²) in [6.45, 7) is 22.8. The van der Waals surface area contributed by atoms with Crippen LogP contribution in [0.1, 0.15) is 13.8 Å². The Labute approximate surface area is 217 Å². The molecule has 0 spiro atoms. The number of hydrogen-bond donors (Lipinski definition) is 0. The van der Waals surface area contributed by atoms with E-state index in [-0.39, 0.29) is 6.17 Å². The molecule has 0 aromatic heterocycles. The van der Waals surface area contributed by atoms with E-state index in [2.05, 4.69) is 58.7 Å². The Morgan fingerprint density at radius 2 is 1.83 bits per heavy atom. The molecule has 0 aromatic rings. The van der Waals surface area contributed by atoms with Crippen LogP contribution in [0.2, 0.25) is 0 Å². The number of nitrogens with zero attached hydrogens (tertiary/aromatic N) is 6. The molecule has 0 saturated carbocycles. The fourth-order valence-corrected chi connectivity index (χ4v) is 3.32. The van der Waals surface area contributed by atoms with Gasteiger partial charge in [-0.15, -0.1) is 0 Å². The van der Waals surface area contributed by atoms with Gasteiger partial charge in [-0.25, -0.2) is 0 Å². The summed E-state index contributed by atoms with van der Waals surface area (Å²) in [4.78, 5) is 22.0. The van der Waals surface area contributed by atoms with Crippen molar-refractivity contribution in [3.8, 4) is 0 Å². The number of likely N-dealkylation sites (N-methyl/N-ethyl adjacent to an activating group) is 2. The van der Waals surface area contributed by atoms with E-state index in [0.717, 1.165) is 30.2 Å². The van der Waals surface area contributed by atoms with Gasteiger partial charge in [-0.05, 0) is 40.7 Å². The lowest BCUT2D eigenvalue weighted by atomic mass is 10.2. The molecule has 10 nitrogen and oxygen atoms in total. The largest absolute Gasteiger partial charge is 0.378 e. The molecule has 1 atom stereocenters. The number of allylic oxidation sites excluding steroid dienone is 2. The molecule has 0 bridgehead atoms. The van der Waals surface area contributed by atoms with Gasteiger partial charge in [0.05, 0.1) is 101 Å². The van der Waals surface area contributed by atoms with Gasteiger partial charge in [0.1, 0.15) is 0 Å². The molecule has 0 aliphatic carbocycles. The van der Waals surface area contributed by atoms with Gasteiger partial charge in [-0.2, -0.15) is 0 Å². The van der Waals surface area contributed by atoms with Gasteiger partial charge in [-0.1, -0.05) is 13.2 Å². The third kappa shape index (κ3) is 13.9. The van der Waals surface area contributed by atoms with Crippen molar-refractivity contribution in [1.82, 2.24) is 9.80 Å². The van der Waals surface area contributed by atoms with Crippen LogP contribution in [-0.2, 0) is 18.9 Å². The van der Waals surface area contributed by atoms with Crippen molar-refractivity contribution in [3.63, 3.8) is 0 Å². The highest BCUT2D eigenvalue weighted by Gasteiger charge is 2.20. The van der Waals surface area contributed by atoms with Gasteiger partial charge in [0.15, 0.2) is 0 Å². The van der Waals surface area contributed by atoms with Gasteiger partial charge >= 0.3 is 0 Å². The zero-order valence-corrected chi connectivity index (χ0v) is 22.8. The average molecular weight is 507 g/mol. The Morgan fingerprint density at radius 3 is 2.53 bits per heavy atom. The first-order chi connectivity index (χ1) is 17.4. The van der Waals surface area contributed by atoms with Crippen molar-refractivity contribution in [3.05, 3.63) is 24.9 Å². The normalized spacial score (nSPS) is 22.6. The van der Waals surface area contributed by atoms with Gasteiger partial charge in [0, 0.05) is 13.1 Å². The van der Waals surface area contributed by atoms with Crippen molar-refractivity contribution < 1.29 is 18.9 Å². The van der Waals surface area contributed by atoms with Crippen LogP contribution >= 0.6 is 0 Å². The molecule has 1 heterocycles. The summed E-state index contributed by atoms with van der Waals surface area (Å²) in [5, 5.41) is 0. The molecule has 1 rings (SSSR count). The number of aliphatic imine (C=N–C) groups is 4. The summed E-state index contributed by atoms with van der Waals surface area (Å²) >= 11 is 0. The highest BCUT2D eigenvalue weighted by atomic mass is 16.5. The van der Waals surface area contributed by atoms with Crippen LogP contribution < -0.4 is 0 Å². The summed E-state index contributed by atoms with van der Waals surface area (Å²) in [6, 6.07) is 0. The molecule has 1 aliphatic heterocycles. The van der Waals surface area contributed by atoms with E-state index in [0.29, 0.717) is 78.2 Å². The Balaban J connectivity index is 2.51. The Bertz CT molecular complexity index is 753. The molecular weight excluding hydrogens is 460 g/mol. The van der Waals surface area contributed by atoms with Crippen LogP contribution in [0.3, 0.4) is 0 Å². The molecule has 0 fully saturated rings. The fraction of sp³-hybridized carbons (Fsp3) is 0.692. The highest BCUT2D eigenvalue weighted by molar-refractivity contribution is 6.45. The van der Waals surface area contributed by atoms with Crippen LogP contribution in [0, 0.1) is 0 Å². The molecule has 0 saturated heterocycles. The third-order valence-electron chi connectivity index (χ3n) is 5.70. The maximum atomic E-state index is 5.79. The van der Waals surface area contributed by atoms with Crippen LogP contribution in [0.4, 0.5) is 0 Å². The summed E-state index contributed by atoms with van der Waals surface area (Å²) in [5.74, 6) is 0. The van der Waals surface area contributed by atoms with Gasteiger partial charge in [0.2, 0.25) is 0 Å². The maximum Gasteiger partial charge on any atom is 0.0820 e. The van der Waals surface area contributed by atoms with Crippen LogP contribution in [0.25, 0.3) is 0 Å². The van der Waals surface area contributed by atoms with Gasteiger partial charge in [0.25, 0.3) is 0 Å². The Hall–Kier alpha value is -2.08. The molecule has 0 amide bonds. The molecule has 10 heteroatoms. The molecule has 0 N–H and O–H groups in total. The topological polar surface area (TPSA) is 92.8 Å². The molecule has 1 aliphatic rings. The minimum atomic E-state index is 0.0819. The van der Waals surface area contributed by atoms with Gasteiger partial charge in [-0.3, -0.25) is 29.8 Å². The van der Waals surface area contributed by atoms with E-state index in [1.165, 1.54) is 0 Å². The van der Waals surface area contributed by atoms with E-state index in [1.54, 1.807) is 6.08 Å². The maximum absolute atomic E-state index is 5.79. The first-order valence-electron chi connectivity index (χ1n) is 12.5. The average Bonchev–Trinajstić information content (AvgIpc) is 2.88. The fourth-order valence-electron chi connectivity index (χ4n) is 3.32. The number of rotatable bonds is 13. The first-order valence-corrected chi connectivity index (χ1v) is 12.5. The minimum Gasteiger partial charge on any atom is -0.378 e. The molecule has 0 aromatic carbocycles. The quantitative estimate of drug-likeness (QED) is 0.280. The predicted octanol–water partition coefficient (Wildman–Crippen LogP) is 2.02. The summed E-state index contributed by atoms with van der Waals surface area (Å²) in [6.07, 6.45) is 1.85. The minimum absolute atomic E-state index is 0.0819. The van der Waals surface area contributed by atoms with Crippen LogP contribution in [0.15, 0.2) is 44.9 Å². The van der Waals surface area contributed by atoms with Crippen LogP contribution in [0.5, 0.6) is 0 Å². The lowest BCUT2D eigenvalue weighted by molar-refractivity contribution is 0.00836. The second-order valence-electron chi connectivity index (χ2n) is 8.36. The molecule has 36 heavy (non-hydrogen) atoms. The summed E-state index contributed by atoms with van der Waals surface area (Å²) < 4.78 is 22.7. The van der Waals surface area contributed by atoms with Crippen molar-refractivity contribution in [2.24, 2.45) is 20.0 Å². The molecule has 0 radical (unpaired) electrons. The lowest BCUT2D eigenvalue weighted by Gasteiger charge is -2.34. The van der Waals surface area contributed by atoms with Crippen molar-refractivity contribution in [1.29, 1.82) is 0 Å². The van der Waals surface area contributed by atoms with E-state index >= 15 is 0 Å². The SMILES string of the molecule is C=CC1=N\CC(N(C)CCOCCOCC/N=C(\C)C(=C)N=C)N(C)CCOCCOCC\N=C\1C. The zero-order valence-electron chi connectivity index (χ0n) is 22.8. The molecular formula is C26H46N6O4. The highest BCUT2D eigenvalue weighted by Crippen LogP contribution is 2.05.